The second kappa shape index (κ2) is 10.2. The van der Waals surface area contributed by atoms with Crippen molar-refractivity contribution >= 4 is 35.5 Å². The first kappa shape index (κ1) is 21.7. The zero-order valence-corrected chi connectivity index (χ0v) is 18.5. The molecule has 2 heterocycles. The number of fused-ring (bicyclic) bond motifs is 1. The summed E-state index contributed by atoms with van der Waals surface area (Å²) in [6.07, 6.45) is 3.25. The largest absolute Gasteiger partial charge is 0.497 e. The monoisotopic (exact) mass is 448 g/mol. The summed E-state index contributed by atoms with van der Waals surface area (Å²) in [5.74, 6) is 2.47. The van der Waals surface area contributed by atoms with Crippen LogP contribution in [0.3, 0.4) is 0 Å². The highest BCUT2D eigenvalue weighted by molar-refractivity contribution is 7.98. The first-order valence-corrected chi connectivity index (χ1v) is 11.4. The van der Waals surface area contributed by atoms with Gasteiger partial charge in [0.05, 0.1) is 12.8 Å². The number of aromatic nitrogens is 2. The number of carbonyl (C=O) groups is 2. The Balaban J connectivity index is 1.40. The molecule has 1 aliphatic rings. The van der Waals surface area contributed by atoms with Crippen LogP contribution in [-0.4, -0.2) is 28.7 Å². The summed E-state index contributed by atoms with van der Waals surface area (Å²) in [4.78, 5) is 25.1. The van der Waals surface area contributed by atoms with Crippen LogP contribution in [0.1, 0.15) is 22.4 Å². The van der Waals surface area contributed by atoms with Gasteiger partial charge in [-0.05, 0) is 29.3 Å². The van der Waals surface area contributed by atoms with E-state index in [0.29, 0.717) is 12.4 Å². The number of thioether (sulfide) groups is 1. The number of ether oxygens (including phenoxy) is 1. The smallest absolute Gasteiger partial charge is 0.249 e. The molecule has 2 N–H and O–H groups in total. The number of nitrogens with zero attached hydrogens (tertiary/aromatic N) is 2. The van der Waals surface area contributed by atoms with Crippen LogP contribution in [0.25, 0.3) is 6.08 Å². The SMILES string of the molecule is COc1ccc(CNC(=O)Cn2nc3c(c2NC(=O)/C=C/c2ccccc2)CSC3)cc1. The van der Waals surface area contributed by atoms with Gasteiger partial charge in [-0.2, -0.15) is 16.9 Å². The minimum absolute atomic E-state index is 0.0336. The van der Waals surface area contributed by atoms with E-state index in [9.17, 15) is 9.59 Å². The maximum Gasteiger partial charge on any atom is 0.249 e. The maximum absolute atomic E-state index is 12.6. The zero-order chi connectivity index (χ0) is 22.3. The Morgan fingerprint density at radius 3 is 2.66 bits per heavy atom. The summed E-state index contributed by atoms with van der Waals surface area (Å²) in [5, 5.41) is 10.4. The Morgan fingerprint density at radius 2 is 1.91 bits per heavy atom. The van der Waals surface area contributed by atoms with Crippen LogP contribution in [0, 0.1) is 0 Å². The average molecular weight is 449 g/mol. The molecule has 0 saturated carbocycles. The van der Waals surface area contributed by atoms with Gasteiger partial charge in [0.25, 0.3) is 0 Å². The Bertz CT molecular complexity index is 1120. The van der Waals surface area contributed by atoms with E-state index in [-0.39, 0.29) is 18.4 Å². The van der Waals surface area contributed by atoms with E-state index in [4.69, 9.17) is 4.74 Å². The fourth-order valence-corrected chi connectivity index (χ4v) is 4.39. The van der Waals surface area contributed by atoms with E-state index in [2.05, 4.69) is 15.7 Å². The maximum atomic E-state index is 12.6. The molecule has 2 aromatic carbocycles. The first-order chi connectivity index (χ1) is 15.6. The standard InChI is InChI=1S/C24H24N4O3S/c1-31-19-10-7-18(8-11-19)13-25-23(30)14-28-24(20-15-32-16-21(20)27-28)26-22(29)12-9-17-5-3-2-4-6-17/h2-12H,13-16H2,1H3,(H,25,30)(H,26,29)/b12-9+. The first-order valence-electron chi connectivity index (χ1n) is 10.2. The van der Waals surface area contributed by atoms with E-state index in [1.807, 2.05) is 54.6 Å². The molecule has 0 radical (unpaired) electrons. The van der Waals surface area contributed by atoms with Gasteiger partial charge in [0.2, 0.25) is 11.8 Å². The van der Waals surface area contributed by atoms with Gasteiger partial charge in [0.1, 0.15) is 18.1 Å². The number of hydrogen-bond acceptors (Lipinski definition) is 5. The van der Waals surface area contributed by atoms with Crippen LogP contribution >= 0.6 is 11.8 Å². The summed E-state index contributed by atoms with van der Waals surface area (Å²) in [5.41, 5.74) is 3.81. The van der Waals surface area contributed by atoms with Crippen LogP contribution in [0.4, 0.5) is 5.82 Å². The number of nitrogens with one attached hydrogen (secondary N) is 2. The Morgan fingerprint density at radius 1 is 1.12 bits per heavy atom. The molecule has 2 amide bonds. The number of anilines is 1. The van der Waals surface area contributed by atoms with Crippen molar-refractivity contribution in [3.05, 3.63) is 83.1 Å². The van der Waals surface area contributed by atoms with E-state index in [1.54, 1.807) is 29.6 Å². The van der Waals surface area contributed by atoms with Gasteiger partial charge in [-0.25, -0.2) is 4.68 Å². The third kappa shape index (κ3) is 5.39. The normalized spacial score (nSPS) is 12.5. The third-order valence-electron chi connectivity index (χ3n) is 5.03. The summed E-state index contributed by atoms with van der Waals surface area (Å²) in [6, 6.07) is 17.1. The zero-order valence-electron chi connectivity index (χ0n) is 17.7. The van der Waals surface area contributed by atoms with E-state index < -0.39 is 0 Å². The van der Waals surface area contributed by atoms with Gasteiger partial charge >= 0.3 is 0 Å². The second-order valence-electron chi connectivity index (χ2n) is 7.28. The Labute approximate surface area is 190 Å². The second-order valence-corrected chi connectivity index (χ2v) is 8.27. The van der Waals surface area contributed by atoms with Crippen molar-refractivity contribution in [3.63, 3.8) is 0 Å². The van der Waals surface area contributed by atoms with Gasteiger partial charge in [0, 0.05) is 29.7 Å². The number of hydrogen-bond donors (Lipinski definition) is 2. The molecular formula is C24H24N4O3S. The molecule has 8 heteroatoms. The summed E-state index contributed by atoms with van der Waals surface area (Å²) in [6.45, 7) is 0.438. The van der Waals surface area contributed by atoms with Crippen LogP contribution in [0.2, 0.25) is 0 Å². The van der Waals surface area contributed by atoms with Gasteiger partial charge in [-0.15, -0.1) is 0 Å². The third-order valence-corrected chi connectivity index (χ3v) is 6.00. The summed E-state index contributed by atoms with van der Waals surface area (Å²) >= 11 is 1.74. The molecule has 0 unspecified atom stereocenters. The average Bonchev–Trinajstić information content (AvgIpc) is 3.40. The fraction of sp³-hybridized carbons (Fsp3) is 0.208. The lowest BCUT2D eigenvalue weighted by atomic mass is 10.2. The van der Waals surface area contributed by atoms with Crippen molar-refractivity contribution in [1.82, 2.24) is 15.1 Å². The summed E-state index contributed by atoms with van der Waals surface area (Å²) in [7, 11) is 1.62. The van der Waals surface area contributed by atoms with Crippen molar-refractivity contribution in [2.45, 2.75) is 24.6 Å². The Hall–Kier alpha value is -3.52. The highest BCUT2D eigenvalue weighted by Crippen LogP contribution is 2.34. The highest BCUT2D eigenvalue weighted by atomic mass is 32.2. The van der Waals surface area contributed by atoms with E-state index in [0.717, 1.165) is 39.6 Å². The van der Waals surface area contributed by atoms with Crippen molar-refractivity contribution in [1.29, 1.82) is 0 Å². The van der Waals surface area contributed by atoms with Crippen LogP contribution < -0.4 is 15.4 Å². The molecule has 0 spiro atoms. The number of carbonyl (C=O) groups excluding carboxylic acids is 2. The van der Waals surface area contributed by atoms with Crippen molar-refractivity contribution in [2.75, 3.05) is 12.4 Å². The lowest BCUT2D eigenvalue weighted by Gasteiger charge is -2.11. The molecular weight excluding hydrogens is 424 g/mol. The van der Waals surface area contributed by atoms with Gasteiger partial charge in [0.15, 0.2) is 0 Å². The molecule has 4 rings (SSSR count). The minimum atomic E-state index is -0.256. The molecule has 0 aliphatic carbocycles. The van der Waals surface area contributed by atoms with Gasteiger partial charge in [-0.1, -0.05) is 42.5 Å². The molecule has 7 nitrogen and oxygen atoms in total. The van der Waals surface area contributed by atoms with E-state index >= 15 is 0 Å². The number of rotatable bonds is 8. The molecule has 0 fully saturated rings. The fourth-order valence-electron chi connectivity index (χ4n) is 3.35. The van der Waals surface area contributed by atoms with Crippen LogP contribution in [-0.2, 0) is 34.2 Å². The lowest BCUT2D eigenvalue weighted by Crippen LogP contribution is -2.28. The molecule has 32 heavy (non-hydrogen) atoms. The van der Waals surface area contributed by atoms with Crippen molar-refractivity contribution in [3.8, 4) is 5.75 Å². The predicted octanol–water partition coefficient (Wildman–Crippen LogP) is 3.61. The lowest BCUT2D eigenvalue weighted by molar-refractivity contribution is -0.122. The van der Waals surface area contributed by atoms with Gasteiger partial charge in [-0.3, -0.25) is 9.59 Å². The van der Waals surface area contributed by atoms with Gasteiger partial charge < -0.3 is 15.4 Å². The topological polar surface area (TPSA) is 85.2 Å². The van der Waals surface area contributed by atoms with Crippen LogP contribution in [0.5, 0.6) is 5.75 Å². The molecule has 0 saturated heterocycles. The molecule has 3 aromatic rings. The predicted molar refractivity (Wildman–Crippen MR) is 126 cm³/mol. The Kier molecular flexibility index (Phi) is 6.91. The molecule has 0 atom stereocenters. The van der Waals surface area contributed by atoms with Crippen molar-refractivity contribution in [2.24, 2.45) is 0 Å². The number of methoxy groups -OCH3 is 1. The quantitative estimate of drug-likeness (QED) is 0.514. The highest BCUT2D eigenvalue weighted by Gasteiger charge is 2.24. The summed E-state index contributed by atoms with van der Waals surface area (Å²) < 4.78 is 6.74. The minimum Gasteiger partial charge on any atom is -0.497 e. The van der Waals surface area contributed by atoms with E-state index in [1.165, 1.54) is 6.08 Å². The molecule has 1 aliphatic heterocycles. The number of benzene rings is 2. The number of amides is 2. The molecule has 0 bridgehead atoms. The molecule has 164 valence electrons. The van der Waals surface area contributed by atoms with Crippen molar-refractivity contribution < 1.29 is 14.3 Å². The molecule has 1 aromatic heterocycles. The van der Waals surface area contributed by atoms with Crippen LogP contribution in [0.15, 0.2) is 60.7 Å².